The Morgan fingerprint density at radius 3 is 2.87 bits per heavy atom. The molecule has 0 radical (unpaired) electrons. The van der Waals surface area contributed by atoms with Gasteiger partial charge in [-0.25, -0.2) is 9.37 Å². The van der Waals surface area contributed by atoms with Crippen molar-refractivity contribution < 1.29 is 4.39 Å². The van der Waals surface area contributed by atoms with E-state index in [9.17, 15) is 9.18 Å². The second kappa shape index (κ2) is 8.93. The van der Waals surface area contributed by atoms with Crippen molar-refractivity contribution in [2.75, 3.05) is 25.0 Å². The molecule has 0 fully saturated rings. The molecule has 8 heteroatoms. The molecule has 156 valence electrons. The van der Waals surface area contributed by atoms with Gasteiger partial charge in [0.1, 0.15) is 5.82 Å². The number of rotatable bonds is 5. The van der Waals surface area contributed by atoms with Crippen molar-refractivity contribution in [3.05, 3.63) is 86.3 Å². The Morgan fingerprint density at radius 2 is 2.10 bits per heavy atom. The van der Waals surface area contributed by atoms with Gasteiger partial charge < -0.3 is 4.90 Å². The molecule has 0 amide bonds. The van der Waals surface area contributed by atoms with Crippen LogP contribution in [0, 0.1) is 5.82 Å². The first-order valence-corrected chi connectivity index (χ1v) is 10.3. The lowest BCUT2D eigenvalue weighted by Gasteiger charge is -2.20. The number of nitrogens with one attached hydrogen (secondary N) is 1. The molecule has 4 rings (SSSR count). The molecule has 0 saturated heterocycles. The molecule has 1 aromatic carbocycles. The van der Waals surface area contributed by atoms with E-state index in [0.29, 0.717) is 61.1 Å². The molecule has 0 spiro atoms. The van der Waals surface area contributed by atoms with E-state index in [1.165, 1.54) is 6.07 Å². The monoisotopic (exact) mass is 427 g/mol. The zero-order valence-electron chi connectivity index (χ0n) is 16.7. The Hall–Kier alpha value is -2.77. The smallest absolute Gasteiger partial charge is 0.255 e. The van der Waals surface area contributed by atoms with Gasteiger partial charge in [-0.05, 0) is 30.2 Å². The molecule has 0 saturated carbocycles. The highest BCUT2D eigenvalue weighted by molar-refractivity contribution is 6.30. The average molecular weight is 428 g/mol. The maximum Gasteiger partial charge on any atom is 0.255 e. The number of nitrogens with zero attached hydrogens (tertiary/aromatic N) is 4. The summed E-state index contributed by atoms with van der Waals surface area (Å²) in [5, 5.41) is 0.387. The highest BCUT2D eigenvalue weighted by Crippen LogP contribution is 2.19. The van der Waals surface area contributed by atoms with Crippen LogP contribution >= 0.6 is 11.6 Å². The van der Waals surface area contributed by atoms with Gasteiger partial charge in [0.05, 0.1) is 5.69 Å². The summed E-state index contributed by atoms with van der Waals surface area (Å²) in [6.07, 6.45) is 4.75. The average Bonchev–Trinajstić information content (AvgIpc) is 2.93. The number of hydrogen-bond donors (Lipinski definition) is 1. The molecule has 6 nitrogen and oxygen atoms in total. The van der Waals surface area contributed by atoms with Crippen LogP contribution in [0.5, 0.6) is 0 Å². The van der Waals surface area contributed by atoms with Crippen LogP contribution in [0.3, 0.4) is 0 Å². The van der Waals surface area contributed by atoms with E-state index in [4.69, 9.17) is 16.6 Å². The zero-order valence-corrected chi connectivity index (χ0v) is 17.5. The standard InChI is InChI=1S/C22H23ClFN5O/c1-28(13-15-3-2-8-25-12-15)22-26-20-7-10-29(9-6-18(20)21(30)27-22)14-16-4-5-17(23)11-19(16)24/h2-5,8,11-12H,6-7,9-10,13-14H2,1H3,(H,26,27,30). The van der Waals surface area contributed by atoms with E-state index in [0.717, 1.165) is 11.3 Å². The van der Waals surface area contributed by atoms with Crippen LogP contribution in [0.25, 0.3) is 0 Å². The number of anilines is 1. The third kappa shape index (κ3) is 4.68. The van der Waals surface area contributed by atoms with Gasteiger partial charge in [-0.15, -0.1) is 0 Å². The van der Waals surface area contributed by atoms with Gasteiger partial charge in [0.15, 0.2) is 0 Å². The lowest BCUT2D eigenvalue weighted by Crippen LogP contribution is -2.27. The molecule has 0 bridgehead atoms. The summed E-state index contributed by atoms with van der Waals surface area (Å²) in [6, 6.07) is 8.61. The predicted octanol–water partition coefficient (Wildman–Crippen LogP) is 3.19. The maximum absolute atomic E-state index is 14.2. The highest BCUT2D eigenvalue weighted by atomic mass is 35.5. The summed E-state index contributed by atoms with van der Waals surface area (Å²) in [7, 11) is 1.89. The van der Waals surface area contributed by atoms with Crippen molar-refractivity contribution >= 4 is 17.5 Å². The van der Waals surface area contributed by atoms with Gasteiger partial charge in [0, 0.05) is 68.2 Å². The molecule has 0 aliphatic carbocycles. The molecule has 30 heavy (non-hydrogen) atoms. The number of hydrogen-bond acceptors (Lipinski definition) is 5. The fraction of sp³-hybridized carbons (Fsp3) is 0.318. The van der Waals surface area contributed by atoms with Gasteiger partial charge >= 0.3 is 0 Å². The minimum atomic E-state index is -0.306. The lowest BCUT2D eigenvalue weighted by molar-refractivity contribution is 0.274. The first kappa shape index (κ1) is 20.5. The van der Waals surface area contributed by atoms with Crippen LogP contribution in [-0.4, -0.2) is 40.0 Å². The van der Waals surface area contributed by atoms with Crippen LogP contribution in [0.2, 0.25) is 5.02 Å². The molecule has 0 atom stereocenters. The van der Waals surface area contributed by atoms with Crippen LogP contribution in [0.15, 0.2) is 47.5 Å². The second-order valence-electron chi connectivity index (χ2n) is 7.54. The van der Waals surface area contributed by atoms with Gasteiger partial charge in [-0.3, -0.25) is 19.7 Å². The summed E-state index contributed by atoms with van der Waals surface area (Å²) >= 11 is 5.85. The van der Waals surface area contributed by atoms with E-state index in [-0.39, 0.29) is 11.4 Å². The molecule has 1 N–H and O–H groups in total. The molecule has 1 aliphatic heterocycles. The Morgan fingerprint density at radius 1 is 1.27 bits per heavy atom. The van der Waals surface area contributed by atoms with Crippen molar-refractivity contribution in [2.45, 2.75) is 25.9 Å². The summed E-state index contributed by atoms with van der Waals surface area (Å²) in [5.41, 5.74) is 3.06. The van der Waals surface area contributed by atoms with E-state index < -0.39 is 0 Å². The first-order valence-electron chi connectivity index (χ1n) is 9.88. The van der Waals surface area contributed by atoms with Gasteiger partial charge in [0.25, 0.3) is 5.56 Å². The van der Waals surface area contributed by atoms with Crippen molar-refractivity contribution in [2.24, 2.45) is 0 Å². The number of H-pyrrole nitrogens is 1. The van der Waals surface area contributed by atoms with Crippen molar-refractivity contribution in [3.63, 3.8) is 0 Å². The van der Waals surface area contributed by atoms with E-state index >= 15 is 0 Å². The SMILES string of the molecule is CN(Cc1cccnc1)c1nc2c(c(=O)[nH]1)CCN(Cc1ccc(Cl)cc1F)CC2. The number of aromatic amines is 1. The fourth-order valence-corrected chi connectivity index (χ4v) is 3.87. The topological polar surface area (TPSA) is 65.1 Å². The number of aromatic nitrogens is 3. The maximum atomic E-state index is 14.2. The van der Waals surface area contributed by atoms with Gasteiger partial charge in [-0.2, -0.15) is 0 Å². The highest BCUT2D eigenvalue weighted by Gasteiger charge is 2.20. The Balaban J connectivity index is 1.49. The molecule has 3 aromatic rings. The summed E-state index contributed by atoms with van der Waals surface area (Å²) < 4.78 is 14.2. The molecule has 2 aromatic heterocycles. The molecular weight excluding hydrogens is 405 g/mol. The molecular formula is C22H23ClFN5O. The second-order valence-corrected chi connectivity index (χ2v) is 7.98. The minimum Gasteiger partial charge on any atom is -0.341 e. The van der Waals surface area contributed by atoms with Crippen LogP contribution in [0.1, 0.15) is 22.4 Å². The van der Waals surface area contributed by atoms with Crippen LogP contribution in [-0.2, 0) is 25.9 Å². The van der Waals surface area contributed by atoms with E-state index in [1.807, 2.05) is 24.1 Å². The van der Waals surface area contributed by atoms with Gasteiger partial charge in [-0.1, -0.05) is 23.7 Å². The number of halogens is 2. The predicted molar refractivity (Wildman–Crippen MR) is 115 cm³/mol. The van der Waals surface area contributed by atoms with Crippen LogP contribution < -0.4 is 10.5 Å². The lowest BCUT2D eigenvalue weighted by atomic mass is 10.1. The van der Waals surface area contributed by atoms with E-state index in [2.05, 4.69) is 14.9 Å². The quantitative estimate of drug-likeness (QED) is 0.677. The Bertz CT molecular complexity index is 1090. The van der Waals surface area contributed by atoms with Gasteiger partial charge in [0.2, 0.25) is 5.95 Å². The summed E-state index contributed by atoms with van der Waals surface area (Å²) in [4.78, 5) is 28.5. The van der Waals surface area contributed by atoms with Crippen molar-refractivity contribution in [3.8, 4) is 0 Å². The molecule has 1 aliphatic rings. The van der Waals surface area contributed by atoms with Crippen molar-refractivity contribution in [1.82, 2.24) is 19.9 Å². The summed E-state index contributed by atoms with van der Waals surface area (Å²) in [6.45, 7) is 2.45. The molecule has 0 unspecified atom stereocenters. The summed E-state index contributed by atoms with van der Waals surface area (Å²) in [5.74, 6) is 0.236. The zero-order chi connectivity index (χ0) is 21.1. The largest absolute Gasteiger partial charge is 0.341 e. The van der Waals surface area contributed by atoms with Crippen molar-refractivity contribution in [1.29, 1.82) is 0 Å². The third-order valence-electron chi connectivity index (χ3n) is 5.34. The normalized spacial score (nSPS) is 14.2. The number of pyridine rings is 1. The minimum absolute atomic E-state index is 0.104. The Labute approximate surface area is 179 Å². The molecule has 3 heterocycles. The van der Waals surface area contributed by atoms with Crippen LogP contribution in [0.4, 0.5) is 10.3 Å². The number of fused-ring (bicyclic) bond motifs is 1. The van der Waals surface area contributed by atoms with E-state index in [1.54, 1.807) is 24.5 Å². The Kier molecular flexibility index (Phi) is 6.11. The number of benzene rings is 1. The fourth-order valence-electron chi connectivity index (χ4n) is 3.71. The third-order valence-corrected chi connectivity index (χ3v) is 5.58. The first-order chi connectivity index (χ1) is 14.5.